The van der Waals surface area contributed by atoms with Crippen LogP contribution in [0.3, 0.4) is 0 Å². The lowest BCUT2D eigenvalue weighted by atomic mass is 9.88. The first-order valence-electron chi connectivity index (χ1n) is 11.3. The Hall–Kier alpha value is -3.67. The van der Waals surface area contributed by atoms with Crippen molar-refractivity contribution in [2.45, 2.75) is 53.4 Å². The molecule has 1 heterocycles. The first kappa shape index (κ1) is 25.0. The highest BCUT2D eigenvalue weighted by Crippen LogP contribution is 2.40. The van der Waals surface area contributed by atoms with E-state index in [1.165, 1.54) is 23.3 Å². The largest absolute Gasteiger partial charge is 0.507 e. The minimum Gasteiger partial charge on any atom is -0.507 e. The molecule has 6 heteroatoms. The highest BCUT2D eigenvalue weighted by atomic mass is 16.4. The van der Waals surface area contributed by atoms with Gasteiger partial charge in [-0.25, -0.2) is 0 Å². The molecule has 0 aliphatic rings. The second-order valence-electron chi connectivity index (χ2n) is 9.19. The molecule has 0 aliphatic heterocycles. The van der Waals surface area contributed by atoms with Gasteiger partial charge in [-0.3, -0.25) is 4.79 Å². The number of phenols is 4. The molecule has 2 aromatic carbocycles. The number of aromatic hydroxyl groups is 4. The summed E-state index contributed by atoms with van der Waals surface area (Å²) >= 11 is 0. The van der Waals surface area contributed by atoms with Gasteiger partial charge >= 0.3 is 0 Å². The number of benzene rings is 2. The Bertz CT molecular complexity index is 1370. The summed E-state index contributed by atoms with van der Waals surface area (Å²) < 4.78 is 5.83. The molecule has 1 atom stereocenters. The smallest absolute Gasteiger partial charge is 0.204 e. The number of rotatable bonds is 8. The highest BCUT2D eigenvalue weighted by molar-refractivity contribution is 5.98. The van der Waals surface area contributed by atoms with Crippen LogP contribution in [0.25, 0.3) is 21.9 Å². The molecule has 0 aliphatic carbocycles. The number of hydrogen-bond donors (Lipinski definition) is 4. The molecule has 3 aromatic rings. The summed E-state index contributed by atoms with van der Waals surface area (Å²) in [7, 11) is 0. The summed E-state index contributed by atoms with van der Waals surface area (Å²) in [6.07, 6.45) is 7.28. The lowest BCUT2D eigenvalue weighted by molar-refractivity contribution is 0.400. The Labute approximate surface area is 198 Å². The maximum Gasteiger partial charge on any atom is 0.204 e. The third-order valence-corrected chi connectivity index (χ3v) is 6.12. The SMILES string of the molecule is C=C(C)C(C/C=C(\C)CCC=C(C)C)Cc1c(O)cc(O)c2c(=O)c3ccc(O)c(O)c3oc12. The number of allylic oxidation sites excluding steroid dienone is 5. The fourth-order valence-corrected chi connectivity index (χ4v) is 4.02. The molecule has 6 nitrogen and oxygen atoms in total. The van der Waals surface area contributed by atoms with E-state index in [-0.39, 0.29) is 33.6 Å². The third-order valence-electron chi connectivity index (χ3n) is 6.12. The lowest BCUT2D eigenvalue weighted by Gasteiger charge is -2.18. The van der Waals surface area contributed by atoms with Crippen LogP contribution in [-0.4, -0.2) is 20.4 Å². The molecule has 0 saturated carbocycles. The molecule has 34 heavy (non-hydrogen) atoms. The van der Waals surface area contributed by atoms with E-state index in [0.717, 1.165) is 24.5 Å². The topological polar surface area (TPSA) is 111 Å². The molecule has 0 saturated heterocycles. The van der Waals surface area contributed by atoms with Crippen molar-refractivity contribution in [3.8, 4) is 23.0 Å². The van der Waals surface area contributed by atoms with Crippen molar-refractivity contribution in [3.63, 3.8) is 0 Å². The Morgan fingerprint density at radius 1 is 1.00 bits per heavy atom. The van der Waals surface area contributed by atoms with E-state index in [9.17, 15) is 25.2 Å². The molecule has 0 spiro atoms. The molecule has 0 fully saturated rings. The van der Waals surface area contributed by atoms with Gasteiger partial charge in [-0.15, -0.1) is 0 Å². The van der Waals surface area contributed by atoms with E-state index in [1.54, 1.807) is 0 Å². The van der Waals surface area contributed by atoms with Crippen molar-refractivity contribution in [2.75, 3.05) is 0 Å². The molecule has 1 aromatic heterocycles. The van der Waals surface area contributed by atoms with E-state index in [2.05, 4.69) is 39.5 Å². The fourth-order valence-electron chi connectivity index (χ4n) is 4.02. The molecule has 0 radical (unpaired) electrons. The van der Waals surface area contributed by atoms with Gasteiger partial charge in [0.15, 0.2) is 11.3 Å². The summed E-state index contributed by atoms with van der Waals surface area (Å²) in [5.41, 5.74) is 2.98. The van der Waals surface area contributed by atoms with Crippen molar-refractivity contribution in [3.05, 3.63) is 69.4 Å². The van der Waals surface area contributed by atoms with Gasteiger partial charge < -0.3 is 24.8 Å². The summed E-state index contributed by atoms with van der Waals surface area (Å²) in [5, 5.41) is 41.1. The van der Waals surface area contributed by atoms with Gasteiger partial charge in [0.2, 0.25) is 11.2 Å². The van der Waals surface area contributed by atoms with Crippen LogP contribution in [0.5, 0.6) is 23.0 Å². The van der Waals surface area contributed by atoms with Gasteiger partial charge in [0.1, 0.15) is 22.5 Å². The summed E-state index contributed by atoms with van der Waals surface area (Å²) in [5.74, 6) is -1.70. The molecular formula is C28H32O6. The first-order valence-corrected chi connectivity index (χ1v) is 11.3. The van der Waals surface area contributed by atoms with Crippen LogP contribution in [0.15, 0.2) is 62.9 Å². The molecule has 4 N–H and O–H groups in total. The predicted octanol–water partition coefficient (Wildman–Crippen LogP) is 6.59. The van der Waals surface area contributed by atoms with Crippen molar-refractivity contribution in [1.29, 1.82) is 0 Å². The first-order chi connectivity index (χ1) is 16.0. The van der Waals surface area contributed by atoms with Gasteiger partial charge in [0.25, 0.3) is 0 Å². The Morgan fingerprint density at radius 2 is 1.71 bits per heavy atom. The van der Waals surface area contributed by atoms with E-state index in [0.29, 0.717) is 18.4 Å². The van der Waals surface area contributed by atoms with E-state index in [4.69, 9.17) is 4.42 Å². The Morgan fingerprint density at radius 3 is 2.35 bits per heavy atom. The van der Waals surface area contributed by atoms with Crippen molar-refractivity contribution >= 4 is 21.9 Å². The molecule has 1 unspecified atom stereocenters. The molecule has 0 bridgehead atoms. The molecule has 180 valence electrons. The maximum atomic E-state index is 13.1. The van der Waals surface area contributed by atoms with Crippen LogP contribution in [0.4, 0.5) is 0 Å². The van der Waals surface area contributed by atoms with Crippen LogP contribution in [0.2, 0.25) is 0 Å². The number of fused-ring (bicyclic) bond motifs is 2. The van der Waals surface area contributed by atoms with Gasteiger partial charge in [-0.05, 0) is 71.4 Å². The zero-order valence-electron chi connectivity index (χ0n) is 20.1. The zero-order valence-corrected chi connectivity index (χ0v) is 20.1. The molecule has 0 amide bonds. The maximum absolute atomic E-state index is 13.1. The van der Waals surface area contributed by atoms with Gasteiger partial charge in [-0.2, -0.15) is 0 Å². The minimum atomic E-state index is -0.573. The van der Waals surface area contributed by atoms with Crippen LogP contribution >= 0.6 is 0 Å². The van der Waals surface area contributed by atoms with Crippen LogP contribution in [-0.2, 0) is 6.42 Å². The second kappa shape index (κ2) is 10.1. The third kappa shape index (κ3) is 5.11. The summed E-state index contributed by atoms with van der Waals surface area (Å²) in [6, 6.07) is 3.64. The fraction of sp³-hybridized carbons (Fsp3) is 0.321. The predicted molar refractivity (Wildman–Crippen MR) is 136 cm³/mol. The molecular weight excluding hydrogens is 432 g/mol. The van der Waals surface area contributed by atoms with Gasteiger partial charge in [-0.1, -0.05) is 35.5 Å². The minimum absolute atomic E-state index is 0.0149. The number of hydrogen-bond acceptors (Lipinski definition) is 6. The van der Waals surface area contributed by atoms with Crippen molar-refractivity contribution in [2.24, 2.45) is 5.92 Å². The average Bonchev–Trinajstić information content (AvgIpc) is 2.75. The van der Waals surface area contributed by atoms with Crippen LogP contribution in [0, 0.1) is 5.92 Å². The second-order valence-corrected chi connectivity index (χ2v) is 9.19. The standard InChI is InChI=1S/C28H32O6/c1-15(2)7-6-8-17(5)9-10-18(16(3)4)13-20-22(30)14-23(31)24-25(32)19-11-12-21(29)26(33)28(19)34-27(20)24/h7,9,11-12,14,18,29-31,33H,3,6,8,10,13H2,1-2,4-5H3/b17-9+. The van der Waals surface area contributed by atoms with Crippen LogP contribution in [0.1, 0.15) is 52.5 Å². The average molecular weight is 465 g/mol. The quantitative estimate of drug-likeness (QED) is 0.170. The van der Waals surface area contributed by atoms with Gasteiger partial charge in [0.05, 0.1) is 5.39 Å². The summed E-state index contributed by atoms with van der Waals surface area (Å²) in [4.78, 5) is 13.1. The monoisotopic (exact) mass is 464 g/mol. The van der Waals surface area contributed by atoms with Crippen molar-refractivity contribution < 1.29 is 24.8 Å². The summed E-state index contributed by atoms with van der Waals surface area (Å²) in [6.45, 7) is 12.2. The zero-order chi connectivity index (χ0) is 25.2. The van der Waals surface area contributed by atoms with E-state index >= 15 is 0 Å². The van der Waals surface area contributed by atoms with Gasteiger partial charge in [0, 0.05) is 11.6 Å². The molecule has 3 rings (SSSR count). The van der Waals surface area contributed by atoms with Crippen LogP contribution < -0.4 is 5.43 Å². The number of phenolic OH excluding ortho intramolecular Hbond substituents is 4. The lowest BCUT2D eigenvalue weighted by Crippen LogP contribution is -2.09. The normalized spacial score (nSPS) is 12.8. The van der Waals surface area contributed by atoms with Crippen molar-refractivity contribution in [1.82, 2.24) is 0 Å². The highest BCUT2D eigenvalue weighted by Gasteiger charge is 2.23. The Balaban J connectivity index is 2.07. The van der Waals surface area contributed by atoms with E-state index in [1.807, 2.05) is 6.92 Å². The Kier molecular flexibility index (Phi) is 7.40. The van der Waals surface area contributed by atoms with E-state index < -0.39 is 22.7 Å².